The van der Waals surface area contributed by atoms with Gasteiger partial charge in [0.2, 0.25) is 5.91 Å². The number of benzene rings is 2. The number of carbonyl (C=O) groups excluding carboxylic acids is 2. The number of rotatable bonds is 5. The smallest absolute Gasteiger partial charge is 0.254 e. The van der Waals surface area contributed by atoms with Gasteiger partial charge in [0, 0.05) is 43.6 Å². The lowest BCUT2D eigenvalue weighted by atomic mass is 9.89. The fraction of sp³-hybridized carbons (Fsp3) is 0.333. The molecule has 1 aromatic heterocycles. The van der Waals surface area contributed by atoms with E-state index in [1.54, 1.807) is 12.3 Å². The van der Waals surface area contributed by atoms with Crippen LogP contribution in [-0.2, 0) is 4.79 Å². The first kappa shape index (κ1) is 23.0. The number of carbonyl (C=O) groups is 2. The highest BCUT2D eigenvalue weighted by atomic mass is 19.1. The third-order valence-electron chi connectivity index (χ3n) is 7.00. The summed E-state index contributed by atoms with van der Waals surface area (Å²) >= 11 is 0. The van der Waals surface area contributed by atoms with Gasteiger partial charge >= 0.3 is 0 Å². The zero-order chi connectivity index (χ0) is 24.4. The summed E-state index contributed by atoms with van der Waals surface area (Å²) in [5, 5.41) is 11.0. The molecule has 0 bridgehead atoms. The van der Waals surface area contributed by atoms with Crippen molar-refractivity contribution >= 4 is 23.3 Å². The van der Waals surface area contributed by atoms with E-state index >= 15 is 0 Å². The molecule has 2 aliphatic rings. The lowest BCUT2D eigenvalue weighted by Crippen LogP contribution is -2.52. The first-order chi connectivity index (χ1) is 17.0. The van der Waals surface area contributed by atoms with E-state index in [-0.39, 0.29) is 23.5 Å². The van der Waals surface area contributed by atoms with E-state index in [0.29, 0.717) is 37.7 Å². The normalized spacial score (nSPS) is 16.6. The van der Waals surface area contributed by atoms with Crippen LogP contribution in [0.5, 0.6) is 0 Å². The Labute approximate surface area is 204 Å². The molecule has 7 nitrogen and oxygen atoms in total. The van der Waals surface area contributed by atoms with Crippen LogP contribution in [0.3, 0.4) is 0 Å². The second-order valence-electron chi connectivity index (χ2n) is 9.32. The molecule has 0 aliphatic carbocycles. The quantitative estimate of drug-likeness (QED) is 0.606. The van der Waals surface area contributed by atoms with Gasteiger partial charge in [-0.05, 0) is 73.2 Å². The highest BCUT2D eigenvalue weighted by molar-refractivity contribution is 5.96. The number of nitrogens with zero attached hydrogens (tertiary/aromatic N) is 4. The Morgan fingerprint density at radius 3 is 2.46 bits per heavy atom. The van der Waals surface area contributed by atoms with Crippen LogP contribution in [0, 0.1) is 18.7 Å². The van der Waals surface area contributed by atoms with Crippen LogP contribution >= 0.6 is 0 Å². The first-order valence-electron chi connectivity index (χ1n) is 12.0. The largest absolute Gasteiger partial charge is 0.353 e. The number of hydrogen-bond donors (Lipinski definition) is 1. The number of hydrogen-bond acceptors (Lipinski definition) is 5. The van der Waals surface area contributed by atoms with Crippen molar-refractivity contribution in [1.29, 1.82) is 0 Å². The third kappa shape index (κ3) is 5.01. The summed E-state index contributed by atoms with van der Waals surface area (Å²) in [4.78, 5) is 29.3. The van der Waals surface area contributed by atoms with Crippen LogP contribution in [0.2, 0.25) is 0 Å². The molecule has 2 aliphatic heterocycles. The predicted octanol–water partition coefficient (Wildman–Crippen LogP) is 4.02. The summed E-state index contributed by atoms with van der Waals surface area (Å²) in [7, 11) is 0. The second-order valence-corrected chi connectivity index (χ2v) is 9.32. The summed E-state index contributed by atoms with van der Waals surface area (Å²) in [5.74, 6) is 0.593. The second kappa shape index (κ2) is 9.82. The minimum Gasteiger partial charge on any atom is -0.353 e. The molecule has 8 heteroatoms. The van der Waals surface area contributed by atoms with Crippen molar-refractivity contribution in [3.05, 3.63) is 83.3 Å². The zero-order valence-electron chi connectivity index (χ0n) is 19.7. The molecule has 3 heterocycles. The van der Waals surface area contributed by atoms with Crippen LogP contribution in [0.25, 0.3) is 0 Å². The monoisotopic (exact) mass is 473 g/mol. The Bertz CT molecular complexity index is 1200. The first-order valence-corrected chi connectivity index (χ1v) is 12.0. The molecular formula is C27H28FN5O2. The number of anilines is 2. The number of likely N-dealkylation sites (tertiary alicyclic amines) is 1. The Hall–Kier alpha value is -3.81. The number of aromatic nitrogens is 2. The molecule has 2 aromatic carbocycles. The lowest BCUT2D eigenvalue weighted by Gasteiger charge is -2.38. The molecular weight excluding hydrogens is 445 g/mol. The minimum absolute atomic E-state index is 0.0114. The van der Waals surface area contributed by atoms with E-state index in [0.717, 1.165) is 29.9 Å². The maximum atomic E-state index is 13.6. The van der Waals surface area contributed by atoms with E-state index in [1.807, 2.05) is 41.0 Å². The molecule has 2 fully saturated rings. The number of aryl methyl sites for hydroxylation is 1. The van der Waals surface area contributed by atoms with Crippen molar-refractivity contribution in [2.24, 2.45) is 5.92 Å². The number of piperidine rings is 1. The van der Waals surface area contributed by atoms with E-state index in [4.69, 9.17) is 0 Å². The molecule has 0 radical (unpaired) electrons. The zero-order valence-corrected chi connectivity index (χ0v) is 19.7. The topological polar surface area (TPSA) is 78.4 Å². The molecule has 180 valence electrons. The molecule has 0 unspecified atom stereocenters. The molecule has 35 heavy (non-hydrogen) atoms. The van der Waals surface area contributed by atoms with Gasteiger partial charge in [-0.3, -0.25) is 9.59 Å². The molecule has 0 spiro atoms. The summed E-state index contributed by atoms with van der Waals surface area (Å²) in [6, 6.07) is 16.1. The van der Waals surface area contributed by atoms with E-state index in [1.165, 1.54) is 17.7 Å². The van der Waals surface area contributed by atoms with Crippen LogP contribution in [0.1, 0.15) is 40.2 Å². The van der Waals surface area contributed by atoms with Gasteiger partial charge in [0.05, 0.1) is 5.92 Å². The third-order valence-corrected chi connectivity index (χ3v) is 7.00. The Kier molecular flexibility index (Phi) is 6.44. The van der Waals surface area contributed by atoms with Gasteiger partial charge < -0.3 is 15.1 Å². The van der Waals surface area contributed by atoms with E-state index in [9.17, 15) is 14.0 Å². The summed E-state index contributed by atoms with van der Waals surface area (Å²) in [5.41, 5.74) is 3.22. The summed E-state index contributed by atoms with van der Waals surface area (Å²) in [6.07, 6.45) is 3.34. The average molecular weight is 474 g/mol. The van der Waals surface area contributed by atoms with Crippen molar-refractivity contribution in [2.45, 2.75) is 25.7 Å². The summed E-state index contributed by atoms with van der Waals surface area (Å²) < 4.78 is 13.6. The fourth-order valence-corrected chi connectivity index (χ4v) is 4.79. The van der Waals surface area contributed by atoms with Gasteiger partial charge in [0.25, 0.3) is 5.91 Å². The van der Waals surface area contributed by atoms with Crippen molar-refractivity contribution in [3.63, 3.8) is 0 Å². The maximum Gasteiger partial charge on any atom is 0.254 e. The van der Waals surface area contributed by atoms with Gasteiger partial charge in [-0.15, -0.1) is 5.10 Å². The van der Waals surface area contributed by atoms with Gasteiger partial charge in [-0.1, -0.05) is 18.2 Å². The molecule has 1 N–H and O–H groups in total. The average Bonchev–Trinajstić information content (AvgIpc) is 2.85. The van der Waals surface area contributed by atoms with Gasteiger partial charge in [0.15, 0.2) is 5.82 Å². The standard InChI is InChI=1S/C27H28FN5O2/c1-18-4-7-22(28)15-24(18)27(35)32-13-10-20(11-14-32)19-5-8-23(9-6-19)30-26(34)21-16-33(17-21)25-3-2-12-29-31-25/h2-9,12,15,20-21H,10-11,13-14,16-17H2,1H3,(H,30,34). The fourth-order valence-electron chi connectivity index (χ4n) is 4.79. The Morgan fingerprint density at radius 1 is 1.03 bits per heavy atom. The van der Waals surface area contributed by atoms with Crippen molar-refractivity contribution in [1.82, 2.24) is 15.1 Å². The Morgan fingerprint density at radius 2 is 1.77 bits per heavy atom. The SMILES string of the molecule is Cc1ccc(F)cc1C(=O)N1CCC(c2ccc(NC(=O)C3CN(c4cccnn4)C3)cc2)CC1. The highest BCUT2D eigenvalue weighted by Gasteiger charge is 2.33. The number of halogens is 1. The molecule has 2 saturated heterocycles. The lowest BCUT2D eigenvalue weighted by molar-refractivity contribution is -0.120. The summed E-state index contributed by atoms with van der Waals surface area (Å²) in [6.45, 7) is 4.38. The molecule has 3 aromatic rings. The van der Waals surface area contributed by atoms with E-state index in [2.05, 4.69) is 27.6 Å². The van der Waals surface area contributed by atoms with Crippen LogP contribution in [0.4, 0.5) is 15.9 Å². The van der Waals surface area contributed by atoms with Crippen molar-refractivity contribution in [3.8, 4) is 0 Å². The number of amides is 2. The van der Waals surface area contributed by atoms with Crippen LogP contribution in [0.15, 0.2) is 60.8 Å². The van der Waals surface area contributed by atoms with Crippen molar-refractivity contribution < 1.29 is 14.0 Å². The maximum absolute atomic E-state index is 13.6. The minimum atomic E-state index is -0.388. The molecule has 0 atom stereocenters. The predicted molar refractivity (Wildman–Crippen MR) is 132 cm³/mol. The highest BCUT2D eigenvalue weighted by Crippen LogP contribution is 2.30. The number of nitrogens with one attached hydrogen (secondary N) is 1. The van der Waals surface area contributed by atoms with Crippen LogP contribution in [-0.4, -0.2) is 53.1 Å². The molecule has 5 rings (SSSR count). The van der Waals surface area contributed by atoms with Gasteiger partial charge in [-0.2, -0.15) is 5.10 Å². The van der Waals surface area contributed by atoms with Crippen LogP contribution < -0.4 is 10.2 Å². The van der Waals surface area contributed by atoms with Gasteiger partial charge in [0.1, 0.15) is 5.82 Å². The van der Waals surface area contributed by atoms with Gasteiger partial charge in [-0.25, -0.2) is 4.39 Å². The van der Waals surface area contributed by atoms with Crippen molar-refractivity contribution in [2.75, 3.05) is 36.4 Å². The Balaban J connectivity index is 1.11. The van der Waals surface area contributed by atoms with E-state index < -0.39 is 0 Å². The molecule has 2 amide bonds. The molecule has 0 saturated carbocycles.